The number of rotatable bonds is 4. The second kappa shape index (κ2) is 5.89. The van der Waals surface area contributed by atoms with Gasteiger partial charge in [-0.15, -0.1) is 0 Å². The number of anilines is 1. The first-order chi connectivity index (χ1) is 12.7. The molecule has 1 aliphatic carbocycles. The van der Waals surface area contributed by atoms with Crippen molar-refractivity contribution in [3.8, 4) is 17.1 Å². The molecule has 1 saturated carbocycles. The molecule has 1 amide bonds. The number of nitrogens with zero attached hydrogens (tertiary/aromatic N) is 5. The van der Waals surface area contributed by atoms with Crippen LogP contribution < -0.4 is 5.32 Å². The molecule has 5 rings (SSSR count). The quantitative estimate of drug-likeness (QED) is 0.525. The van der Waals surface area contributed by atoms with Crippen molar-refractivity contribution in [2.24, 2.45) is 5.92 Å². The number of hydrogen-bond acceptors (Lipinski definition) is 6. The summed E-state index contributed by atoms with van der Waals surface area (Å²) in [6.07, 6.45) is 6.91. The lowest BCUT2D eigenvalue weighted by Crippen LogP contribution is -2.12. The predicted molar refractivity (Wildman–Crippen MR) is 98.5 cm³/mol. The van der Waals surface area contributed by atoms with Crippen molar-refractivity contribution in [1.29, 1.82) is 0 Å². The fraction of sp³-hybridized carbons (Fsp3) is 0.188. The number of aromatic amines is 1. The minimum atomic E-state index is 0.0290. The number of thiazole rings is 1. The van der Waals surface area contributed by atoms with Gasteiger partial charge in [-0.1, -0.05) is 22.9 Å². The van der Waals surface area contributed by atoms with Crippen molar-refractivity contribution in [2.45, 2.75) is 12.8 Å². The Hall–Kier alpha value is -2.78. The average Bonchev–Trinajstić information content (AvgIpc) is 3.06. The van der Waals surface area contributed by atoms with Crippen LogP contribution in [0.3, 0.4) is 0 Å². The maximum atomic E-state index is 12.0. The normalized spacial score (nSPS) is 14.0. The molecule has 8 nitrogen and oxygen atoms in total. The summed E-state index contributed by atoms with van der Waals surface area (Å²) < 4.78 is 2.65. The largest absolute Gasteiger partial charge is 0.302 e. The zero-order valence-corrected chi connectivity index (χ0v) is 14.9. The Labute approximate surface area is 156 Å². The lowest BCUT2D eigenvalue weighted by atomic mass is 10.2. The molecule has 26 heavy (non-hydrogen) atoms. The maximum Gasteiger partial charge on any atom is 0.229 e. The number of hydrogen-bond donors (Lipinski definition) is 2. The molecule has 10 heteroatoms. The van der Waals surface area contributed by atoms with Gasteiger partial charge < -0.3 is 5.32 Å². The van der Waals surface area contributed by atoms with E-state index in [1.165, 1.54) is 11.3 Å². The zero-order valence-electron chi connectivity index (χ0n) is 13.3. The van der Waals surface area contributed by atoms with Crippen LogP contribution in [0.1, 0.15) is 12.8 Å². The Balaban J connectivity index is 1.56. The van der Waals surface area contributed by atoms with Gasteiger partial charge in [0, 0.05) is 17.7 Å². The molecule has 1 fully saturated rings. The molecule has 130 valence electrons. The van der Waals surface area contributed by atoms with E-state index in [9.17, 15) is 4.79 Å². The van der Waals surface area contributed by atoms with E-state index in [1.807, 2.05) is 16.7 Å². The second-order valence-electron chi connectivity index (χ2n) is 6.00. The number of amides is 1. The summed E-state index contributed by atoms with van der Waals surface area (Å²) in [7, 11) is 0. The molecule has 4 heterocycles. The number of carbonyl (C=O) groups excluding carboxylic acids is 1. The van der Waals surface area contributed by atoms with Gasteiger partial charge in [0.1, 0.15) is 16.2 Å². The summed E-state index contributed by atoms with van der Waals surface area (Å²) in [5, 5.41) is 11.1. The molecule has 0 saturated heterocycles. The molecule has 0 bridgehead atoms. The summed E-state index contributed by atoms with van der Waals surface area (Å²) in [5.74, 6) is 0.807. The van der Waals surface area contributed by atoms with Gasteiger partial charge in [0.15, 0.2) is 16.6 Å². The smallest absolute Gasteiger partial charge is 0.229 e. The molecule has 0 atom stereocenters. The molecule has 0 radical (unpaired) electrons. The first kappa shape index (κ1) is 15.5. The van der Waals surface area contributed by atoms with Crippen LogP contribution >= 0.6 is 22.9 Å². The number of H-pyrrole nitrogens is 1. The summed E-state index contributed by atoms with van der Waals surface area (Å²) in [4.78, 5) is 24.7. The summed E-state index contributed by atoms with van der Waals surface area (Å²) in [6.45, 7) is 0. The predicted octanol–water partition coefficient (Wildman–Crippen LogP) is 3.27. The summed E-state index contributed by atoms with van der Waals surface area (Å²) >= 11 is 7.60. The fourth-order valence-corrected chi connectivity index (χ4v) is 3.84. The summed E-state index contributed by atoms with van der Waals surface area (Å²) in [6, 6.07) is 3.69. The van der Waals surface area contributed by atoms with Crippen molar-refractivity contribution in [3.05, 3.63) is 36.0 Å². The van der Waals surface area contributed by atoms with E-state index in [0.29, 0.717) is 21.7 Å². The van der Waals surface area contributed by atoms with Crippen LogP contribution in [0.5, 0.6) is 0 Å². The molecular weight excluding hydrogens is 374 g/mol. The topological polar surface area (TPSA) is 101 Å². The molecule has 1 aliphatic rings. The van der Waals surface area contributed by atoms with Crippen LogP contribution in [0.4, 0.5) is 5.13 Å². The van der Waals surface area contributed by atoms with Crippen LogP contribution in [-0.2, 0) is 4.79 Å². The molecule has 0 aliphatic heterocycles. The van der Waals surface area contributed by atoms with E-state index >= 15 is 0 Å². The van der Waals surface area contributed by atoms with Gasteiger partial charge >= 0.3 is 0 Å². The SMILES string of the molecule is O=C(Nc1nc2[nH]nc(-n3cncc3-c3cccnc3Cl)c2s1)C1CC1. The first-order valence-electron chi connectivity index (χ1n) is 8.00. The minimum Gasteiger partial charge on any atom is -0.302 e. The van der Waals surface area contributed by atoms with E-state index in [1.54, 1.807) is 18.7 Å². The minimum absolute atomic E-state index is 0.0290. The number of aromatic nitrogens is 6. The van der Waals surface area contributed by atoms with E-state index in [0.717, 1.165) is 28.8 Å². The van der Waals surface area contributed by atoms with Crippen LogP contribution in [-0.4, -0.2) is 35.6 Å². The van der Waals surface area contributed by atoms with Gasteiger partial charge in [-0.2, -0.15) is 5.10 Å². The number of carbonyl (C=O) groups is 1. The van der Waals surface area contributed by atoms with Crippen LogP contribution in [0, 0.1) is 5.92 Å². The highest BCUT2D eigenvalue weighted by Crippen LogP contribution is 2.35. The third kappa shape index (κ3) is 2.56. The number of nitrogens with one attached hydrogen (secondary N) is 2. The highest BCUT2D eigenvalue weighted by molar-refractivity contribution is 7.22. The van der Waals surface area contributed by atoms with Crippen molar-refractivity contribution >= 4 is 44.3 Å². The molecular formula is C16H12ClN7OS. The monoisotopic (exact) mass is 385 g/mol. The van der Waals surface area contributed by atoms with Gasteiger partial charge in [0.2, 0.25) is 5.91 Å². The van der Waals surface area contributed by atoms with Gasteiger partial charge in [-0.3, -0.25) is 14.5 Å². The van der Waals surface area contributed by atoms with Crippen molar-refractivity contribution in [1.82, 2.24) is 29.7 Å². The van der Waals surface area contributed by atoms with Crippen LogP contribution in [0.25, 0.3) is 27.4 Å². The number of halogens is 1. The molecule has 4 aromatic rings. The number of pyridine rings is 1. The zero-order chi connectivity index (χ0) is 17.7. The molecule has 0 spiro atoms. The number of fused-ring (bicyclic) bond motifs is 1. The Morgan fingerprint density at radius 3 is 3.12 bits per heavy atom. The van der Waals surface area contributed by atoms with Crippen molar-refractivity contribution in [3.63, 3.8) is 0 Å². The fourth-order valence-electron chi connectivity index (χ4n) is 2.71. The van der Waals surface area contributed by atoms with Crippen molar-refractivity contribution < 1.29 is 4.79 Å². The first-order valence-corrected chi connectivity index (χ1v) is 9.19. The van der Waals surface area contributed by atoms with Gasteiger partial charge in [0.25, 0.3) is 0 Å². The summed E-state index contributed by atoms with van der Waals surface area (Å²) in [5.41, 5.74) is 2.15. The van der Waals surface area contributed by atoms with E-state index in [2.05, 4.69) is 30.5 Å². The standard InChI is InChI=1S/C16H12ClN7OS/c17-12-9(2-1-5-19-12)10-6-18-7-24(10)14-11-13(22-23-14)20-16(26-11)21-15(25)8-3-4-8/h1-2,5-8H,3-4H2,(H2,20,21,22,23,25). The van der Waals surface area contributed by atoms with Gasteiger partial charge in [-0.25, -0.2) is 15.0 Å². The molecule has 0 aromatic carbocycles. The molecule has 0 unspecified atom stereocenters. The highest BCUT2D eigenvalue weighted by atomic mass is 35.5. The lowest BCUT2D eigenvalue weighted by molar-refractivity contribution is -0.117. The van der Waals surface area contributed by atoms with Gasteiger partial charge in [-0.05, 0) is 25.0 Å². The highest BCUT2D eigenvalue weighted by Gasteiger charge is 2.30. The second-order valence-corrected chi connectivity index (χ2v) is 7.36. The Bertz CT molecular complexity index is 1130. The van der Waals surface area contributed by atoms with E-state index in [-0.39, 0.29) is 11.8 Å². The molecule has 2 N–H and O–H groups in total. The Morgan fingerprint density at radius 1 is 1.42 bits per heavy atom. The van der Waals surface area contributed by atoms with Gasteiger partial charge in [0.05, 0.1) is 11.9 Å². The van der Waals surface area contributed by atoms with E-state index < -0.39 is 0 Å². The van der Waals surface area contributed by atoms with Crippen LogP contribution in [0.2, 0.25) is 5.15 Å². The average molecular weight is 386 g/mol. The molecule has 4 aromatic heterocycles. The Morgan fingerprint density at radius 2 is 2.31 bits per heavy atom. The third-order valence-corrected chi connectivity index (χ3v) is 5.45. The maximum absolute atomic E-state index is 12.0. The third-order valence-electron chi connectivity index (χ3n) is 4.18. The number of imidazole rings is 1. The van der Waals surface area contributed by atoms with E-state index in [4.69, 9.17) is 11.6 Å². The van der Waals surface area contributed by atoms with Crippen LogP contribution in [0.15, 0.2) is 30.9 Å². The Kier molecular flexibility index (Phi) is 3.50. The lowest BCUT2D eigenvalue weighted by Gasteiger charge is -2.06. The van der Waals surface area contributed by atoms with Crippen molar-refractivity contribution in [2.75, 3.05) is 5.32 Å².